The number of nitrogens with two attached hydrogens (primary N) is 1. The number of rotatable bonds is 2. The van der Waals surface area contributed by atoms with Crippen LogP contribution in [0.1, 0.15) is 40.5 Å². The summed E-state index contributed by atoms with van der Waals surface area (Å²) in [6, 6.07) is 3.57. The molecule has 0 aromatic heterocycles. The van der Waals surface area contributed by atoms with Crippen molar-refractivity contribution in [1.82, 2.24) is 4.90 Å². The number of nitrogens with zero attached hydrogens (tertiary/aromatic N) is 2. The third kappa shape index (κ3) is 3.96. The third-order valence-electron chi connectivity index (χ3n) is 4.54. The molecule has 8 nitrogen and oxygen atoms in total. The third-order valence-corrected chi connectivity index (χ3v) is 4.87. The first-order chi connectivity index (χ1) is 11.8. The summed E-state index contributed by atoms with van der Waals surface area (Å²) in [5, 5.41) is 13.4. The van der Waals surface area contributed by atoms with Crippen LogP contribution in [0.4, 0.5) is 11.4 Å². The molecule has 9 heteroatoms. The molecule has 1 aliphatic heterocycles. The Hall–Kier alpha value is -2.19. The van der Waals surface area contributed by atoms with Crippen molar-refractivity contribution in [3.8, 4) is 0 Å². The number of likely N-dealkylation sites (tertiary alicyclic amines) is 1. The Morgan fingerprint density at radius 2 is 1.81 bits per heavy atom. The van der Waals surface area contributed by atoms with Crippen molar-refractivity contribution >= 4 is 34.8 Å². The highest BCUT2D eigenvalue weighted by Crippen LogP contribution is 2.38. The van der Waals surface area contributed by atoms with Gasteiger partial charge in [0.15, 0.2) is 0 Å². The van der Waals surface area contributed by atoms with Gasteiger partial charge in [0.25, 0.3) is 5.69 Å². The number of benzene rings is 1. The molecular weight excluding hydrogens is 360 g/mol. The van der Waals surface area contributed by atoms with Crippen molar-refractivity contribution in [2.45, 2.75) is 57.7 Å². The molecule has 26 heavy (non-hydrogen) atoms. The van der Waals surface area contributed by atoms with Crippen LogP contribution in [0.15, 0.2) is 18.2 Å². The number of nitro groups is 1. The molecule has 2 amide bonds. The minimum absolute atomic E-state index is 0.0172. The Labute approximate surface area is 156 Å². The second-order valence-corrected chi connectivity index (χ2v) is 8.22. The Morgan fingerprint density at radius 1 is 1.27 bits per heavy atom. The number of carbonyl (C=O) groups is 2. The quantitative estimate of drug-likeness (QED) is 0.463. The van der Waals surface area contributed by atoms with Crippen molar-refractivity contribution in [3.05, 3.63) is 33.3 Å². The van der Waals surface area contributed by atoms with E-state index in [4.69, 9.17) is 17.3 Å². The van der Waals surface area contributed by atoms with Gasteiger partial charge >= 0.3 is 11.8 Å². The van der Waals surface area contributed by atoms with Crippen LogP contribution in [0.2, 0.25) is 5.02 Å². The summed E-state index contributed by atoms with van der Waals surface area (Å²) in [6.07, 6.45) is 1.13. The Kier molecular flexibility index (Phi) is 5.30. The van der Waals surface area contributed by atoms with Crippen LogP contribution >= 0.6 is 11.6 Å². The van der Waals surface area contributed by atoms with Gasteiger partial charge in [0, 0.05) is 29.3 Å². The monoisotopic (exact) mass is 382 g/mol. The maximum atomic E-state index is 12.9. The van der Waals surface area contributed by atoms with E-state index in [1.807, 2.05) is 27.7 Å². The summed E-state index contributed by atoms with van der Waals surface area (Å²) in [5.41, 5.74) is 4.66. The van der Waals surface area contributed by atoms with Crippen molar-refractivity contribution < 1.29 is 14.5 Å². The van der Waals surface area contributed by atoms with Crippen molar-refractivity contribution in [2.75, 3.05) is 5.32 Å². The predicted molar refractivity (Wildman–Crippen MR) is 98.9 cm³/mol. The number of amides is 2. The highest BCUT2D eigenvalue weighted by Gasteiger charge is 2.48. The lowest BCUT2D eigenvalue weighted by molar-refractivity contribution is -0.384. The van der Waals surface area contributed by atoms with Crippen LogP contribution in [-0.2, 0) is 9.59 Å². The smallest absolute Gasteiger partial charge is 0.313 e. The Balaban J connectivity index is 2.28. The second-order valence-electron chi connectivity index (χ2n) is 7.81. The van der Waals surface area contributed by atoms with E-state index in [0.717, 1.165) is 6.07 Å². The van der Waals surface area contributed by atoms with Gasteiger partial charge in [-0.15, -0.1) is 0 Å². The number of piperidine rings is 1. The highest BCUT2D eigenvalue weighted by molar-refractivity contribution is 6.41. The largest absolute Gasteiger partial charge is 0.328 e. The molecule has 1 aromatic rings. The van der Waals surface area contributed by atoms with E-state index in [9.17, 15) is 19.7 Å². The molecule has 0 unspecified atom stereocenters. The SMILES string of the molecule is CC1(C)CC(N)CC(C)(C)N1C(=O)C(=O)Nc1cc([N+](=O)[O-])ccc1Cl. The first kappa shape index (κ1) is 20.1. The number of halogens is 1. The van der Waals surface area contributed by atoms with Gasteiger partial charge in [0.05, 0.1) is 15.6 Å². The van der Waals surface area contributed by atoms with Gasteiger partial charge in [-0.05, 0) is 46.6 Å². The first-order valence-corrected chi connectivity index (χ1v) is 8.58. The fourth-order valence-electron chi connectivity index (χ4n) is 3.91. The minimum atomic E-state index is -0.899. The lowest BCUT2D eigenvalue weighted by Gasteiger charge is -2.54. The van der Waals surface area contributed by atoms with Crippen LogP contribution in [-0.4, -0.2) is 38.8 Å². The summed E-state index contributed by atoms with van der Waals surface area (Å²) in [7, 11) is 0. The molecule has 0 atom stereocenters. The highest BCUT2D eigenvalue weighted by atomic mass is 35.5. The molecule has 0 aliphatic carbocycles. The fourth-order valence-corrected chi connectivity index (χ4v) is 4.07. The van der Waals surface area contributed by atoms with E-state index in [2.05, 4.69) is 5.32 Å². The van der Waals surface area contributed by atoms with Crippen LogP contribution in [0.5, 0.6) is 0 Å². The lowest BCUT2D eigenvalue weighted by Crippen LogP contribution is -2.66. The summed E-state index contributed by atoms with van der Waals surface area (Å²) < 4.78 is 0. The van der Waals surface area contributed by atoms with E-state index < -0.39 is 27.8 Å². The normalized spacial score (nSPS) is 19.1. The maximum Gasteiger partial charge on any atom is 0.313 e. The van der Waals surface area contributed by atoms with E-state index in [0.29, 0.717) is 12.8 Å². The predicted octanol–water partition coefficient (Wildman–Crippen LogP) is 2.69. The molecule has 3 N–H and O–H groups in total. The summed E-state index contributed by atoms with van der Waals surface area (Å²) in [5.74, 6) is -1.63. The van der Waals surface area contributed by atoms with Crippen LogP contribution < -0.4 is 11.1 Å². The van der Waals surface area contributed by atoms with Crippen molar-refractivity contribution in [1.29, 1.82) is 0 Å². The standard InChI is InChI=1S/C17H23ClN4O4/c1-16(2)8-10(19)9-17(3,4)21(16)15(24)14(23)20-13-7-11(22(25)26)5-6-12(13)18/h5-7,10H,8-9,19H2,1-4H3,(H,20,23). The molecule has 0 radical (unpaired) electrons. The lowest BCUT2D eigenvalue weighted by atomic mass is 9.77. The molecule has 0 saturated carbocycles. The summed E-state index contributed by atoms with van der Waals surface area (Å²) in [4.78, 5) is 37.2. The number of hydrogen-bond acceptors (Lipinski definition) is 5. The number of nitro benzene ring substituents is 1. The zero-order valence-electron chi connectivity index (χ0n) is 15.2. The first-order valence-electron chi connectivity index (χ1n) is 8.20. The van der Waals surface area contributed by atoms with Gasteiger partial charge in [-0.25, -0.2) is 0 Å². The van der Waals surface area contributed by atoms with Crippen LogP contribution in [0, 0.1) is 10.1 Å². The van der Waals surface area contributed by atoms with Gasteiger partial charge in [-0.1, -0.05) is 11.6 Å². The Bertz CT molecular complexity index is 745. The molecule has 1 aliphatic rings. The average Bonchev–Trinajstić information content (AvgIpc) is 2.45. The summed E-state index contributed by atoms with van der Waals surface area (Å²) >= 11 is 5.99. The zero-order chi connectivity index (χ0) is 19.9. The molecule has 2 rings (SSSR count). The zero-order valence-corrected chi connectivity index (χ0v) is 16.0. The Morgan fingerprint density at radius 3 is 2.31 bits per heavy atom. The molecule has 1 aromatic carbocycles. The minimum Gasteiger partial charge on any atom is -0.328 e. The number of non-ortho nitro benzene ring substituents is 1. The molecule has 142 valence electrons. The fraction of sp³-hybridized carbons (Fsp3) is 0.529. The number of nitrogens with one attached hydrogen (secondary N) is 1. The molecular formula is C17H23ClN4O4. The van der Waals surface area contributed by atoms with Crippen molar-refractivity contribution in [3.63, 3.8) is 0 Å². The molecule has 0 spiro atoms. The van der Waals surface area contributed by atoms with E-state index in [1.165, 1.54) is 17.0 Å². The molecule has 1 heterocycles. The second kappa shape index (κ2) is 6.85. The molecule has 1 saturated heterocycles. The maximum absolute atomic E-state index is 12.9. The number of hydrogen-bond donors (Lipinski definition) is 2. The topological polar surface area (TPSA) is 119 Å². The van der Waals surface area contributed by atoms with Crippen LogP contribution in [0.25, 0.3) is 0 Å². The van der Waals surface area contributed by atoms with Gasteiger partial charge in [-0.2, -0.15) is 0 Å². The number of carbonyl (C=O) groups excluding carboxylic acids is 2. The molecule has 0 bridgehead atoms. The van der Waals surface area contributed by atoms with Gasteiger partial charge in [0.1, 0.15) is 0 Å². The van der Waals surface area contributed by atoms with Crippen LogP contribution in [0.3, 0.4) is 0 Å². The average molecular weight is 383 g/mol. The van der Waals surface area contributed by atoms with E-state index >= 15 is 0 Å². The van der Waals surface area contributed by atoms with Crippen molar-refractivity contribution in [2.24, 2.45) is 5.73 Å². The molecule has 1 fully saturated rings. The van der Waals surface area contributed by atoms with Gasteiger partial charge < -0.3 is 16.0 Å². The number of anilines is 1. The van der Waals surface area contributed by atoms with Gasteiger partial charge in [0.2, 0.25) is 0 Å². The summed E-state index contributed by atoms with van der Waals surface area (Å²) in [6.45, 7) is 7.44. The van der Waals surface area contributed by atoms with Gasteiger partial charge in [-0.3, -0.25) is 19.7 Å². The van der Waals surface area contributed by atoms with E-state index in [1.54, 1.807) is 0 Å². The van der Waals surface area contributed by atoms with E-state index in [-0.39, 0.29) is 22.4 Å².